The van der Waals surface area contributed by atoms with E-state index in [2.05, 4.69) is 28.9 Å². The van der Waals surface area contributed by atoms with Crippen molar-refractivity contribution in [3.05, 3.63) is 52.7 Å². The maximum absolute atomic E-state index is 13.9. The molecule has 1 aromatic carbocycles. The molecule has 3 atom stereocenters. The fourth-order valence-electron chi connectivity index (χ4n) is 4.99. The minimum Gasteiger partial charge on any atom is -0.496 e. The van der Waals surface area contributed by atoms with E-state index in [1.54, 1.807) is 11.6 Å². The van der Waals surface area contributed by atoms with Crippen LogP contribution < -0.4 is 10.3 Å². The van der Waals surface area contributed by atoms with Gasteiger partial charge in [-0.15, -0.1) is 5.10 Å². The smallest absolute Gasteiger partial charge is 0.262 e. The zero-order valence-corrected chi connectivity index (χ0v) is 18.4. The largest absolute Gasteiger partial charge is 0.496 e. The van der Waals surface area contributed by atoms with E-state index in [1.165, 1.54) is 6.42 Å². The second-order valence-electron chi connectivity index (χ2n) is 8.65. The van der Waals surface area contributed by atoms with Crippen molar-refractivity contribution in [1.29, 1.82) is 0 Å². The van der Waals surface area contributed by atoms with Crippen LogP contribution in [0, 0.1) is 18.8 Å². The molecule has 4 aromatic rings. The van der Waals surface area contributed by atoms with Gasteiger partial charge in [-0.2, -0.15) is 9.50 Å². The number of hydrogen-bond acceptors (Lipinski definition) is 5. The summed E-state index contributed by atoms with van der Waals surface area (Å²) < 4.78 is 9.22. The Kier molecular flexibility index (Phi) is 4.76. The van der Waals surface area contributed by atoms with Crippen molar-refractivity contribution in [2.45, 2.75) is 46.1 Å². The number of para-hydroxylation sites is 1. The van der Waals surface area contributed by atoms with E-state index in [4.69, 9.17) is 4.74 Å². The summed E-state index contributed by atoms with van der Waals surface area (Å²) in [5.74, 6) is 2.79. The lowest BCUT2D eigenvalue weighted by Gasteiger charge is -2.35. The summed E-state index contributed by atoms with van der Waals surface area (Å²) in [4.78, 5) is 23.1. The van der Waals surface area contributed by atoms with Crippen LogP contribution in [0.4, 0.5) is 0 Å². The lowest BCUT2D eigenvalue weighted by molar-refractivity contribution is 0.183. The molecule has 1 aliphatic rings. The van der Waals surface area contributed by atoms with Crippen LogP contribution in [-0.2, 0) is 0 Å². The number of pyridine rings is 1. The van der Waals surface area contributed by atoms with Gasteiger partial charge in [-0.05, 0) is 43.4 Å². The molecule has 1 aliphatic carbocycles. The highest BCUT2D eigenvalue weighted by Crippen LogP contribution is 2.38. The summed E-state index contributed by atoms with van der Waals surface area (Å²) in [5, 5.41) is 5.12. The first kappa shape index (κ1) is 19.7. The molecule has 3 aromatic heterocycles. The molecule has 0 radical (unpaired) electrons. The van der Waals surface area contributed by atoms with Gasteiger partial charge in [-0.3, -0.25) is 4.79 Å². The van der Waals surface area contributed by atoms with E-state index in [0.29, 0.717) is 45.8 Å². The second kappa shape index (κ2) is 7.48. The summed E-state index contributed by atoms with van der Waals surface area (Å²) in [6.07, 6.45) is 5.27. The van der Waals surface area contributed by atoms with E-state index in [9.17, 15) is 4.79 Å². The number of nitrogens with zero attached hydrogens (tertiary/aromatic N) is 5. The second-order valence-corrected chi connectivity index (χ2v) is 8.65. The Labute approximate surface area is 180 Å². The topological polar surface area (TPSA) is 74.3 Å². The van der Waals surface area contributed by atoms with Gasteiger partial charge in [-0.1, -0.05) is 38.8 Å². The molecule has 7 nitrogen and oxygen atoms in total. The zero-order valence-electron chi connectivity index (χ0n) is 18.4. The van der Waals surface area contributed by atoms with Crippen LogP contribution in [0.15, 0.2) is 41.3 Å². The van der Waals surface area contributed by atoms with Gasteiger partial charge in [0.15, 0.2) is 0 Å². The lowest BCUT2D eigenvalue weighted by atomic mass is 9.78. The standard InChI is InChI=1S/C24H27N5O2/c1-14-8-7-10-19(15(14)2)28-13-12-18-21(23(28)30)22(17-9-5-6-11-20(17)31-4)29-24(26-18)25-16(3)27-29/h5-6,9,11-15,19H,7-8,10H2,1-4H3. The molecule has 0 saturated heterocycles. The van der Waals surface area contributed by atoms with Gasteiger partial charge in [0.2, 0.25) is 0 Å². The molecule has 0 N–H and O–H groups in total. The lowest BCUT2D eigenvalue weighted by Crippen LogP contribution is -2.33. The van der Waals surface area contributed by atoms with Gasteiger partial charge < -0.3 is 9.30 Å². The van der Waals surface area contributed by atoms with E-state index in [-0.39, 0.29) is 11.6 Å². The minimum absolute atomic E-state index is 0.0353. The number of aromatic nitrogens is 5. The predicted octanol–water partition coefficient (Wildman–Crippen LogP) is 4.42. The molecule has 0 aliphatic heterocycles. The number of benzene rings is 1. The van der Waals surface area contributed by atoms with Crippen LogP contribution in [0.2, 0.25) is 0 Å². The molecular formula is C24H27N5O2. The number of methoxy groups -OCH3 is 1. The molecule has 5 rings (SSSR count). The molecule has 1 fully saturated rings. The molecule has 160 valence electrons. The van der Waals surface area contributed by atoms with Crippen molar-refractivity contribution in [3.63, 3.8) is 0 Å². The third kappa shape index (κ3) is 3.10. The Morgan fingerprint density at radius 3 is 2.71 bits per heavy atom. The summed E-state index contributed by atoms with van der Waals surface area (Å²) in [7, 11) is 1.63. The fraction of sp³-hybridized carbons (Fsp3) is 0.417. The van der Waals surface area contributed by atoms with Crippen LogP contribution in [-0.4, -0.2) is 31.3 Å². The first-order valence-corrected chi connectivity index (χ1v) is 10.9. The summed E-state index contributed by atoms with van der Waals surface area (Å²) in [5.41, 5.74) is 2.06. The Morgan fingerprint density at radius 1 is 1.10 bits per heavy atom. The van der Waals surface area contributed by atoms with E-state index < -0.39 is 0 Å². The van der Waals surface area contributed by atoms with Crippen LogP contribution in [0.5, 0.6) is 5.75 Å². The van der Waals surface area contributed by atoms with Gasteiger partial charge in [0.25, 0.3) is 11.3 Å². The summed E-state index contributed by atoms with van der Waals surface area (Å²) in [6.45, 7) is 6.37. The number of rotatable bonds is 3. The van der Waals surface area contributed by atoms with Gasteiger partial charge in [0, 0.05) is 17.8 Å². The van der Waals surface area contributed by atoms with Crippen molar-refractivity contribution >= 4 is 16.7 Å². The van der Waals surface area contributed by atoms with Crippen molar-refractivity contribution in [3.8, 4) is 17.0 Å². The summed E-state index contributed by atoms with van der Waals surface area (Å²) in [6, 6.07) is 9.81. The molecular weight excluding hydrogens is 390 g/mol. The molecule has 3 heterocycles. The van der Waals surface area contributed by atoms with Crippen molar-refractivity contribution in [2.24, 2.45) is 11.8 Å². The number of hydrogen-bond donors (Lipinski definition) is 0. The highest BCUT2D eigenvalue weighted by atomic mass is 16.5. The monoisotopic (exact) mass is 417 g/mol. The maximum Gasteiger partial charge on any atom is 0.262 e. The van der Waals surface area contributed by atoms with E-state index >= 15 is 0 Å². The Morgan fingerprint density at radius 2 is 1.90 bits per heavy atom. The molecule has 1 saturated carbocycles. The molecule has 0 bridgehead atoms. The third-order valence-electron chi connectivity index (χ3n) is 6.85. The van der Waals surface area contributed by atoms with Crippen LogP contribution in [0.1, 0.15) is 45.0 Å². The molecule has 0 amide bonds. The van der Waals surface area contributed by atoms with Gasteiger partial charge in [0.1, 0.15) is 11.6 Å². The highest BCUT2D eigenvalue weighted by Gasteiger charge is 2.30. The van der Waals surface area contributed by atoms with Crippen LogP contribution in [0.3, 0.4) is 0 Å². The molecule has 7 heteroatoms. The van der Waals surface area contributed by atoms with E-state index in [0.717, 1.165) is 18.4 Å². The average molecular weight is 418 g/mol. The first-order valence-electron chi connectivity index (χ1n) is 10.9. The summed E-state index contributed by atoms with van der Waals surface area (Å²) >= 11 is 0. The quantitative estimate of drug-likeness (QED) is 0.493. The highest BCUT2D eigenvalue weighted by molar-refractivity contribution is 5.94. The first-order chi connectivity index (χ1) is 15.0. The normalized spacial score (nSPS) is 21.6. The van der Waals surface area contributed by atoms with E-state index in [1.807, 2.05) is 48.0 Å². The number of ether oxygens (including phenoxy) is 1. The predicted molar refractivity (Wildman–Crippen MR) is 120 cm³/mol. The minimum atomic E-state index is -0.0353. The van der Waals surface area contributed by atoms with Gasteiger partial charge >= 0.3 is 0 Å². The van der Waals surface area contributed by atoms with Crippen LogP contribution in [0.25, 0.3) is 27.9 Å². The zero-order chi connectivity index (χ0) is 21.7. The van der Waals surface area contributed by atoms with Gasteiger partial charge in [-0.25, -0.2) is 4.98 Å². The number of fused-ring (bicyclic) bond motifs is 2. The van der Waals surface area contributed by atoms with Crippen molar-refractivity contribution in [1.82, 2.24) is 24.1 Å². The molecule has 3 unspecified atom stereocenters. The Hall–Kier alpha value is -3.22. The van der Waals surface area contributed by atoms with Crippen molar-refractivity contribution in [2.75, 3.05) is 7.11 Å². The Bertz CT molecular complexity index is 1340. The number of aryl methyl sites for hydroxylation is 1. The molecule has 0 spiro atoms. The Balaban J connectivity index is 1.87. The molecule has 31 heavy (non-hydrogen) atoms. The SMILES string of the molecule is COc1ccccc1-c1c2c(=O)n(C3CCCC(C)C3C)ccc2nc2nc(C)nn12. The van der Waals surface area contributed by atoms with Crippen molar-refractivity contribution < 1.29 is 4.74 Å². The maximum atomic E-state index is 13.9. The average Bonchev–Trinajstić information content (AvgIpc) is 3.14. The fourth-order valence-corrected chi connectivity index (χ4v) is 4.99. The van der Waals surface area contributed by atoms with Gasteiger partial charge in [0.05, 0.1) is 23.7 Å². The van der Waals surface area contributed by atoms with Crippen LogP contribution >= 0.6 is 0 Å². The third-order valence-corrected chi connectivity index (χ3v) is 6.85.